The molecule has 154 valence electrons. The third-order valence-electron chi connectivity index (χ3n) is 5.83. The highest BCUT2D eigenvalue weighted by Gasteiger charge is 2.29. The number of aromatic hydroxyl groups is 1. The third-order valence-corrected chi connectivity index (χ3v) is 6.30. The Labute approximate surface area is 185 Å². The lowest BCUT2D eigenvalue weighted by atomic mass is 9.97. The molecule has 0 saturated carbocycles. The van der Waals surface area contributed by atoms with Gasteiger partial charge in [-0.1, -0.05) is 30.1 Å². The fraction of sp³-hybridized carbons (Fsp3) is 0.304. The van der Waals surface area contributed by atoms with Crippen LogP contribution in [0.5, 0.6) is 17.4 Å². The summed E-state index contributed by atoms with van der Waals surface area (Å²) in [6.45, 7) is 4.13. The number of anilines is 1. The molecule has 5 nitrogen and oxygen atoms in total. The third kappa shape index (κ3) is 3.57. The second-order valence-electron chi connectivity index (χ2n) is 8.02. The first-order valence-corrected chi connectivity index (χ1v) is 10.8. The lowest BCUT2D eigenvalue weighted by Gasteiger charge is -2.34. The van der Waals surface area contributed by atoms with Crippen molar-refractivity contribution >= 4 is 29.0 Å². The molecule has 5 rings (SSSR count). The van der Waals surface area contributed by atoms with E-state index in [-0.39, 0.29) is 5.75 Å². The van der Waals surface area contributed by atoms with Gasteiger partial charge in [-0.3, -0.25) is 0 Å². The van der Waals surface area contributed by atoms with Crippen molar-refractivity contribution in [3.8, 4) is 28.8 Å². The van der Waals surface area contributed by atoms with Gasteiger partial charge in [-0.2, -0.15) is 4.98 Å². The highest BCUT2D eigenvalue weighted by atomic mass is 35.5. The zero-order chi connectivity index (χ0) is 20.8. The number of ether oxygens (including phenoxy) is 1. The summed E-state index contributed by atoms with van der Waals surface area (Å²) < 4.78 is 6.17. The van der Waals surface area contributed by atoms with Crippen molar-refractivity contribution in [1.82, 2.24) is 9.97 Å². The Morgan fingerprint density at radius 2 is 1.77 bits per heavy atom. The molecule has 3 aromatic rings. The standard InChI is InChI=1S/C23H21Cl2N3O2/c1-13-6-8-28(9-7-13)22-18-11-14-10-15(24)3-5-20(14)30-23(18)27-21(26-22)17-12-16(25)2-4-19(17)29/h2-5,10,12-13,29H,6-9,11H2,1H3. The topological polar surface area (TPSA) is 58.5 Å². The van der Waals surface area contributed by atoms with E-state index in [0.717, 1.165) is 48.6 Å². The summed E-state index contributed by atoms with van der Waals surface area (Å²) >= 11 is 12.4. The fourth-order valence-corrected chi connectivity index (χ4v) is 4.43. The van der Waals surface area contributed by atoms with Crippen LogP contribution in [0.3, 0.4) is 0 Å². The van der Waals surface area contributed by atoms with E-state index >= 15 is 0 Å². The zero-order valence-corrected chi connectivity index (χ0v) is 18.0. The van der Waals surface area contributed by atoms with Crippen LogP contribution in [0, 0.1) is 5.92 Å². The number of halogens is 2. The molecular formula is C23H21Cl2N3O2. The molecule has 2 aliphatic heterocycles. The molecule has 0 aliphatic carbocycles. The molecule has 3 heterocycles. The zero-order valence-electron chi connectivity index (χ0n) is 16.5. The predicted octanol–water partition coefficient (Wildman–Crippen LogP) is 6.09. The maximum atomic E-state index is 10.4. The quantitative estimate of drug-likeness (QED) is 0.407. The van der Waals surface area contributed by atoms with Gasteiger partial charge in [-0.05, 0) is 55.2 Å². The second kappa shape index (κ2) is 7.64. The summed E-state index contributed by atoms with van der Waals surface area (Å²) in [4.78, 5) is 11.8. The summed E-state index contributed by atoms with van der Waals surface area (Å²) in [5.41, 5.74) is 2.45. The average Bonchev–Trinajstić information content (AvgIpc) is 2.74. The van der Waals surface area contributed by atoms with Crippen molar-refractivity contribution in [3.63, 3.8) is 0 Å². The van der Waals surface area contributed by atoms with E-state index in [1.165, 1.54) is 0 Å². The number of phenols is 1. The van der Waals surface area contributed by atoms with Crippen LogP contribution in [0.2, 0.25) is 10.0 Å². The van der Waals surface area contributed by atoms with Gasteiger partial charge in [0.15, 0.2) is 5.82 Å². The molecule has 0 unspecified atom stereocenters. The number of aromatic nitrogens is 2. The molecular weight excluding hydrogens is 421 g/mol. The molecule has 1 fully saturated rings. The van der Waals surface area contributed by atoms with Crippen LogP contribution < -0.4 is 9.64 Å². The number of hydrogen-bond acceptors (Lipinski definition) is 5. The largest absolute Gasteiger partial charge is 0.507 e. The van der Waals surface area contributed by atoms with Crippen LogP contribution in [0.4, 0.5) is 5.82 Å². The first kappa shape index (κ1) is 19.5. The Balaban J connectivity index is 1.65. The average molecular weight is 442 g/mol. The molecule has 0 bridgehead atoms. The van der Waals surface area contributed by atoms with Gasteiger partial charge in [0.1, 0.15) is 17.3 Å². The highest BCUT2D eigenvalue weighted by molar-refractivity contribution is 6.31. The van der Waals surface area contributed by atoms with Crippen molar-refractivity contribution in [2.45, 2.75) is 26.2 Å². The Bertz CT molecular complexity index is 1130. The van der Waals surface area contributed by atoms with Crippen LogP contribution in [-0.4, -0.2) is 28.2 Å². The van der Waals surface area contributed by atoms with Crippen LogP contribution in [-0.2, 0) is 6.42 Å². The number of piperidine rings is 1. The maximum absolute atomic E-state index is 10.4. The Morgan fingerprint density at radius 3 is 2.57 bits per heavy atom. The van der Waals surface area contributed by atoms with Gasteiger partial charge in [0.25, 0.3) is 0 Å². The molecule has 0 atom stereocenters. The summed E-state index contributed by atoms with van der Waals surface area (Å²) in [5, 5.41) is 11.6. The molecule has 0 radical (unpaired) electrons. The van der Waals surface area contributed by atoms with E-state index in [1.54, 1.807) is 18.2 Å². The SMILES string of the molecule is CC1CCN(c2nc(-c3cc(Cl)ccc3O)nc3c2Cc2cc(Cl)ccc2O3)CC1. The molecule has 30 heavy (non-hydrogen) atoms. The van der Waals surface area contributed by atoms with E-state index < -0.39 is 0 Å². The van der Waals surface area contributed by atoms with E-state index in [2.05, 4.69) is 16.8 Å². The molecule has 7 heteroatoms. The van der Waals surface area contributed by atoms with Gasteiger partial charge in [-0.15, -0.1) is 0 Å². The van der Waals surface area contributed by atoms with Crippen LogP contribution in [0.25, 0.3) is 11.4 Å². The van der Waals surface area contributed by atoms with Crippen LogP contribution in [0.1, 0.15) is 30.9 Å². The lowest BCUT2D eigenvalue weighted by molar-refractivity contribution is 0.425. The molecule has 1 aromatic heterocycles. The predicted molar refractivity (Wildman–Crippen MR) is 119 cm³/mol. The van der Waals surface area contributed by atoms with Gasteiger partial charge >= 0.3 is 0 Å². The van der Waals surface area contributed by atoms with Crippen LogP contribution >= 0.6 is 23.2 Å². The minimum absolute atomic E-state index is 0.0838. The smallest absolute Gasteiger partial charge is 0.228 e. The molecule has 2 aliphatic rings. The first-order chi connectivity index (χ1) is 14.5. The Hall–Kier alpha value is -2.50. The van der Waals surface area contributed by atoms with Crippen molar-refractivity contribution in [3.05, 3.63) is 57.6 Å². The summed E-state index contributed by atoms with van der Waals surface area (Å²) in [6.07, 6.45) is 2.87. The van der Waals surface area contributed by atoms with Gasteiger partial charge in [0.2, 0.25) is 5.88 Å². The fourth-order valence-electron chi connectivity index (χ4n) is 4.06. The van der Waals surface area contributed by atoms with Crippen molar-refractivity contribution in [1.29, 1.82) is 0 Å². The number of nitrogens with zero attached hydrogens (tertiary/aromatic N) is 3. The number of hydrogen-bond donors (Lipinski definition) is 1. The Kier molecular flexibility index (Phi) is 4.95. The number of phenolic OH excluding ortho intramolecular Hbond substituents is 1. The minimum Gasteiger partial charge on any atom is -0.507 e. The second-order valence-corrected chi connectivity index (χ2v) is 8.89. The number of fused-ring (bicyclic) bond motifs is 2. The number of rotatable bonds is 2. The van der Waals surface area contributed by atoms with E-state index in [4.69, 9.17) is 32.9 Å². The Morgan fingerprint density at radius 1 is 1.03 bits per heavy atom. The monoisotopic (exact) mass is 441 g/mol. The molecule has 2 aromatic carbocycles. The van der Waals surface area contributed by atoms with Crippen molar-refractivity contribution < 1.29 is 9.84 Å². The molecule has 1 N–H and O–H groups in total. The normalized spacial score (nSPS) is 16.0. The van der Waals surface area contributed by atoms with Crippen molar-refractivity contribution in [2.75, 3.05) is 18.0 Å². The number of benzene rings is 2. The summed E-state index contributed by atoms with van der Waals surface area (Å²) in [7, 11) is 0. The molecule has 1 saturated heterocycles. The van der Waals surface area contributed by atoms with Gasteiger partial charge in [0.05, 0.1) is 11.1 Å². The molecule has 0 amide bonds. The van der Waals surface area contributed by atoms with E-state index in [1.807, 2.05) is 18.2 Å². The maximum Gasteiger partial charge on any atom is 0.228 e. The minimum atomic E-state index is 0.0838. The first-order valence-electron chi connectivity index (χ1n) is 10.1. The summed E-state index contributed by atoms with van der Waals surface area (Å²) in [5.74, 6) is 3.30. The highest BCUT2D eigenvalue weighted by Crippen LogP contribution is 2.43. The van der Waals surface area contributed by atoms with Gasteiger partial charge in [0, 0.05) is 35.1 Å². The lowest BCUT2D eigenvalue weighted by Crippen LogP contribution is -2.34. The van der Waals surface area contributed by atoms with Gasteiger partial charge in [-0.25, -0.2) is 4.98 Å². The molecule has 0 spiro atoms. The van der Waals surface area contributed by atoms with Crippen molar-refractivity contribution in [2.24, 2.45) is 5.92 Å². The summed E-state index contributed by atoms with van der Waals surface area (Å²) in [6, 6.07) is 10.5. The van der Waals surface area contributed by atoms with E-state index in [9.17, 15) is 5.11 Å². The van der Waals surface area contributed by atoms with Gasteiger partial charge < -0.3 is 14.7 Å². The van der Waals surface area contributed by atoms with E-state index in [0.29, 0.717) is 39.7 Å². The van der Waals surface area contributed by atoms with Crippen LogP contribution in [0.15, 0.2) is 36.4 Å².